The fourth-order valence-corrected chi connectivity index (χ4v) is 2.63. The molecule has 0 fully saturated rings. The van der Waals surface area contributed by atoms with Crippen LogP contribution in [-0.4, -0.2) is 56.7 Å². The van der Waals surface area contributed by atoms with E-state index < -0.39 is 0 Å². The number of guanidine groups is 1. The van der Waals surface area contributed by atoms with Gasteiger partial charge in [0.25, 0.3) is 0 Å². The zero-order chi connectivity index (χ0) is 19.9. The molecule has 1 unspecified atom stereocenters. The number of rotatable bonds is 13. The average Bonchev–Trinajstić information content (AvgIpc) is 2.67. The predicted molar refractivity (Wildman–Crippen MR) is 132 cm³/mol. The highest BCUT2D eigenvalue weighted by Gasteiger charge is 2.04. The van der Waals surface area contributed by atoms with Gasteiger partial charge in [-0.15, -0.1) is 24.0 Å². The first-order chi connectivity index (χ1) is 13.0. The number of halogens is 1. The Balaban J connectivity index is 0.00000729. The molecule has 1 aromatic carbocycles. The second-order valence-electron chi connectivity index (χ2n) is 7.25. The Kier molecular flexibility index (Phi) is 16.5. The minimum Gasteiger partial charge on any atom is -0.374 e. The molecule has 6 heteroatoms. The number of nitrogens with one attached hydrogen (secondary N) is 2. The highest BCUT2D eigenvalue weighted by atomic mass is 127. The molecule has 0 amide bonds. The summed E-state index contributed by atoms with van der Waals surface area (Å²) >= 11 is 0. The molecule has 0 heterocycles. The van der Waals surface area contributed by atoms with Crippen LogP contribution in [0.3, 0.4) is 0 Å². The lowest BCUT2D eigenvalue weighted by molar-refractivity contribution is 0.0652. The fraction of sp³-hybridized carbons (Fsp3) is 0.682. The SMILES string of the molecule is CCNC(=NCCCOC(C)c1ccccc1)NCCCCN(C)C(C)C.I. The molecule has 1 atom stereocenters. The third-order valence-corrected chi connectivity index (χ3v) is 4.67. The van der Waals surface area contributed by atoms with Crippen LogP contribution >= 0.6 is 24.0 Å². The maximum absolute atomic E-state index is 5.91. The van der Waals surface area contributed by atoms with Gasteiger partial charge in [0, 0.05) is 32.3 Å². The number of benzene rings is 1. The largest absolute Gasteiger partial charge is 0.374 e. The second kappa shape index (κ2) is 17.0. The van der Waals surface area contributed by atoms with Crippen LogP contribution in [-0.2, 0) is 4.74 Å². The number of nitrogens with zero attached hydrogens (tertiary/aromatic N) is 2. The predicted octanol–water partition coefficient (Wildman–Crippen LogP) is 4.45. The Morgan fingerprint density at radius 3 is 2.43 bits per heavy atom. The van der Waals surface area contributed by atoms with Gasteiger partial charge in [0.15, 0.2) is 5.96 Å². The maximum atomic E-state index is 5.91. The summed E-state index contributed by atoms with van der Waals surface area (Å²) in [4.78, 5) is 7.03. The monoisotopic (exact) mass is 504 g/mol. The van der Waals surface area contributed by atoms with Crippen LogP contribution in [0.15, 0.2) is 35.3 Å². The van der Waals surface area contributed by atoms with Crippen LogP contribution in [0.2, 0.25) is 0 Å². The van der Waals surface area contributed by atoms with Crippen LogP contribution in [0.4, 0.5) is 0 Å². The molecule has 0 aliphatic rings. The van der Waals surface area contributed by atoms with Gasteiger partial charge in [-0.3, -0.25) is 4.99 Å². The first kappa shape index (κ1) is 27.1. The second-order valence-corrected chi connectivity index (χ2v) is 7.25. The molecule has 0 bridgehead atoms. The molecule has 0 aromatic heterocycles. The summed E-state index contributed by atoms with van der Waals surface area (Å²) in [7, 11) is 2.18. The van der Waals surface area contributed by atoms with Gasteiger partial charge in [-0.25, -0.2) is 0 Å². The Morgan fingerprint density at radius 2 is 1.79 bits per heavy atom. The molecule has 0 saturated heterocycles. The molecule has 0 saturated carbocycles. The van der Waals surface area contributed by atoms with Gasteiger partial charge in [0.1, 0.15) is 0 Å². The minimum atomic E-state index is 0. The molecule has 162 valence electrons. The molecule has 1 aromatic rings. The molecule has 5 nitrogen and oxygen atoms in total. The molecule has 0 aliphatic carbocycles. The minimum absolute atomic E-state index is 0. The molecule has 0 radical (unpaired) electrons. The Hall–Kier alpha value is -0.860. The van der Waals surface area contributed by atoms with E-state index in [2.05, 4.69) is 79.5 Å². The first-order valence-electron chi connectivity index (χ1n) is 10.4. The number of unbranched alkanes of at least 4 members (excludes halogenated alkanes) is 1. The van der Waals surface area contributed by atoms with Crippen molar-refractivity contribution in [2.75, 3.05) is 39.8 Å². The van der Waals surface area contributed by atoms with Crippen molar-refractivity contribution in [1.29, 1.82) is 0 Å². The number of hydrogen-bond acceptors (Lipinski definition) is 3. The van der Waals surface area contributed by atoms with Gasteiger partial charge in [-0.2, -0.15) is 0 Å². The van der Waals surface area contributed by atoms with E-state index in [1.54, 1.807) is 0 Å². The van der Waals surface area contributed by atoms with Crippen LogP contribution in [0.5, 0.6) is 0 Å². The van der Waals surface area contributed by atoms with Crippen molar-refractivity contribution in [2.45, 2.75) is 59.1 Å². The van der Waals surface area contributed by atoms with E-state index in [4.69, 9.17) is 4.74 Å². The van der Waals surface area contributed by atoms with Crippen LogP contribution in [0.25, 0.3) is 0 Å². The Morgan fingerprint density at radius 1 is 1.07 bits per heavy atom. The van der Waals surface area contributed by atoms with Crippen molar-refractivity contribution in [3.05, 3.63) is 35.9 Å². The maximum Gasteiger partial charge on any atom is 0.191 e. The van der Waals surface area contributed by atoms with Crippen molar-refractivity contribution in [2.24, 2.45) is 4.99 Å². The van der Waals surface area contributed by atoms with Crippen LogP contribution in [0, 0.1) is 0 Å². The summed E-state index contributed by atoms with van der Waals surface area (Å²) in [6.07, 6.45) is 3.41. The number of aliphatic imine (C=N–C) groups is 1. The van der Waals surface area contributed by atoms with E-state index >= 15 is 0 Å². The molecule has 1 rings (SSSR count). The molecule has 0 aliphatic heterocycles. The topological polar surface area (TPSA) is 48.9 Å². The van der Waals surface area contributed by atoms with Crippen molar-refractivity contribution >= 4 is 29.9 Å². The first-order valence-corrected chi connectivity index (χ1v) is 10.4. The van der Waals surface area contributed by atoms with Gasteiger partial charge in [-0.05, 0) is 66.1 Å². The fourth-order valence-electron chi connectivity index (χ4n) is 2.63. The molecular weight excluding hydrogens is 463 g/mol. The van der Waals surface area contributed by atoms with E-state index in [1.807, 2.05) is 6.07 Å². The standard InChI is InChI=1S/C22H40N4O.HI/c1-6-23-22(24-15-10-11-17-26(5)19(2)3)25-16-12-18-27-20(4)21-13-8-7-9-14-21;/h7-9,13-14,19-20H,6,10-12,15-18H2,1-5H3,(H2,23,24,25);1H. The lowest BCUT2D eigenvalue weighted by Crippen LogP contribution is -2.38. The summed E-state index contributed by atoms with van der Waals surface area (Å²) in [5.41, 5.74) is 1.22. The third-order valence-electron chi connectivity index (χ3n) is 4.67. The normalized spacial score (nSPS) is 12.8. The zero-order valence-electron chi connectivity index (χ0n) is 18.4. The Bertz CT molecular complexity index is 511. The van der Waals surface area contributed by atoms with E-state index in [1.165, 1.54) is 12.0 Å². The van der Waals surface area contributed by atoms with E-state index in [-0.39, 0.29) is 30.1 Å². The van der Waals surface area contributed by atoms with Crippen molar-refractivity contribution in [3.63, 3.8) is 0 Å². The van der Waals surface area contributed by atoms with Crippen molar-refractivity contribution in [1.82, 2.24) is 15.5 Å². The van der Waals surface area contributed by atoms with Crippen molar-refractivity contribution < 1.29 is 4.74 Å². The smallest absolute Gasteiger partial charge is 0.191 e. The quantitative estimate of drug-likeness (QED) is 0.180. The highest BCUT2D eigenvalue weighted by Crippen LogP contribution is 2.15. The van der Waals surface area contributed by atoms with Crippen LogP contribution in [0.1, 0.15) is 58.6 Å². The summed E-state index contributed by atoms with van der Waals surface area (Å²) < 4.78 is 5.91. The van der Waals surface area contributed by atoms with Gasteiger partial charge >= 0.3 is 0 Å². The summed E-state index contributed by atoms with van der Waals surface area (Å²) in [5.74, 6) is 0.908. The number of hydrogen-bond donors (Lipinski definition) is 2. The van der Waals surface area contributed by atoms with E-state index in [0.717, 1.165) is 51.6 Å². The van der Waals surface area contributed by atoms with Gasteiger partial charge < -0.3 is 20.3 Å². The van der Waals surface area contributed by atoms with Crippen molar-refractivity contribution in [3.8, 4) is 0 Å². The molecule has 0 spiro atoms. The van der Waals surface area contributed by atoms with E-state index in [0.29, 0.717) is 6.04 Å². The van der Waals surface area contributed by atoms with E-state index in [9.17, 15) is 0 Å². The zero-order valence-corrected chi connectivity index (χ0v) is 20.7. The number of ether oxygens (including phenoxy) is 1. The van der Waals surface area contributed by atoms with Gasteiger partial charge in [0.05, 0.1) is 6.10 Å². The average molecular weight is 505 g/mol. The third kappa shape index (κ3) is 12.6. The lowest BCUT2D eigenvalue weighted by atomic mass is 10.1. The molecular formula is C22H41IN4O. The molecule has 2 N–H and O–H groups in total. The Labute approximate surface area is 189 Å². The highest BCUT2D eigenvalue weighted by molar-refractivity contribution is 14.0. The molecule has 28 heavy (non-hydrogen) atoms. The van der Waals surface area contributed by atoms with Gasteiger partial charge in [-0.1, -0.05) is 30.3 Å². The van der Waals surface area contributed by atoms with Crippen LogP contribution < -0.4 is 10.6 Å². The summed E-state index contributed by atoms with van der Waals surface area (Å²) in [5, 5.41) is 6.74. The summed E-state index contributed by atoms with van der Waals surface area (Å²) in [6.45, 7) is 13.1. The lowest BCUT2D eigenvalue weighted by Gasteiger charge is -2.20. The summed E-state index contributed by atoms with van der Waals surface area (Å²) in [6, 6.07) is 11.0. The van der Waals surface area contributed by atoms with Gasteiger partial charge in [0.2, 0.25) is 0 Å².